The minimum atomic E-state index is -0.483. The molecule has 0 heterocycles. The molecule has 0 radical (unpaired) electrons. The van der Waals surface area contributed by atoms with Crippen LogP contribution in [0.2, 0.25) is 0 Å². The van der Waals surface area contributed by atoms with E-state index in [0.717, 1.165) is 32.1 Å². The lowest BCUT2D eigenvalue weighted by atomic mass is 9.60. The van der Waals surface area contributed by atoms with E-state index in [1.807, 2.05) is 6.08 Å². The maximum atomic E-state index is 12.7. The molecule has 0 amide bonds. The third-order valence-corrected chi connectivity index (χ3v) is 7.72. The number of allylic oxidation sites excluding steroid dienone is 5. The normalized spacial score (nSPS) is 31.5. The number of carbonyl (C=O) groups excluding carboxylic acids is 2. The second kappa shape index (κ2) is 7.29. The Hall–Kier alpha value is -3.02. The Labute approximate surface area is 180 Å². The van der Waals surface area contributed by atoms with Crippen molar-refractivity contribution < 1.29 is 19.2 Å². The van der Waals surface area contributed by atoms with Crippen LogP contribution in [0.3, 0.4) is 0 Å². The Kier molecular flexibility index (Phi) is 4.68. The van der Waals surface area contributed by atoms with Crippen molar-refractivity contribution in [1.29, 1.82) is 0 Å². The lowest BCUT2D eigenvalue weighted by Crippen LogP contribution is -2.40. The summed E-state index contributed by atoms with van der Waals surface area (Å²) < 4.78 is 5.94. The number of benzene rings is 1. The van der Waals surface area contributed by atoms with Gasteiger partial charge in [-0.25, -0.2) is 4.79 Å². The fourth-order valence-corrected chi connectivity index (χ4v) is 6.08. The molecule has 0 aromatic heterocycles. The molecule has 4 aliphatic rings. The zero-order valence-electron chi connectivity index (χ0n) is 17.5. The van der Waals surface area contributed by atoms with Gasteiger partial charge in [-0.15, -0.1) is 0 Å². The van der Waals surface area contributed by atoms with E-state index in [9.17, 15) is 19.7 Å². The Morgan fingerprint density at radius 1 is 1.13 bits per heavy atom. The number of ether oxygens (including phenoxy) is 1. The van der Waals surface area contributed by atoms with Crippen LogP contribution in [-0.4, -0.2) is 22.8 Å². The molecular formula is C25H25NO5. The summed E-state index contributed by atoms with van der Waals surface area (Å²) >= 11 is 0. The van der Waals surface area contributed by atoms with Gasteiger partial charge in [-0.1, -0.05) is 19.1 Å². The fraction of sp³-hybridized carbons (Fsp3) is 0.440. The van der Waals surface area contributed by atoms with Gasteiger partial charge < -0.3 is 4.74 Å². The van der Waals surface area contributed by atoms with E-state index in [-0.39, 0.29) is 23.0 Å². The van der Waals surface area contributed by atoms with Gasteiger partial charge in [0.05, 0.1) is 10.5 Å². The highest BCUT2D eigenvalue weighted by molar-refractivity contribution is 5.93. The molecule has 1 saturated carbocycles. The van der Waals surface area contributed by atoms with Gasteiger partial charge in [0.2, 0.25) is 0 Å². The first-order chi connectivity index (χ1) is 14.9. The Morgan fingerprint density at radius 3 is 2.65 bits per heavy atom. The van der Waals surface area contributed by atoms with Crippen LogP contribution in [-0.2, 0) is 9.53 Å². The van der Waals surface area contributed by atoms with Crippen LogP contribution in [0.4, 0.5) is 5.69 Å². The van der Waals surface area contributed by atoms with E-state index >= 15 is 0 Å². The number of rotatable bonds is 3. The SMILES string of the molecule is C[C@]12C=CC3=C4CCC(=O)C=C4CC[C@H]3[C@@H]1CC[C@H]2OC(=O)c1ccc([N+](=O)[O-])cc1. The number of nitrogens with zero attached hydrogens (tertiary/aromatic N) is 1. The standard InChI is InChI=1S/C25H25NO5/c1-25-13-12-20-19-9-7-18(27)14-16(19)4-8-21(20)22(25)10-11-23(25)31-24(28)15-2-5-17(6-3-15)26(29)30/h2-3,5-6,12-14,21-23H,4,7-11H2,1H3/t21-,22+,23-,25+/m1/s1. The molecule has 0 unspecified atom stereocenters. The smallest absolute Gasteiger partial charge is 0.338 e. The van der Waals surface area contributed by atoms with Crippen molar-refractivity contribution in [3.63, 3.8) is 0 Å². The van der Waals surface area contributed by atoms with Crippen molar-refractivity contribution in [2.75, 3.05) is 0 Å². The highest BCUT2D eigenvalue weighted by Crippen LogP contribution is 2.58. The van der Waals surface area contributed by atoms with Gasteiger partial charge in [-0.3, -0.25) is 14.9 Å². The third-order valence-electron chi connectivity index (χ3n) is 7.72. The molecule has 0 saturated heterocycles. The molecule has 0 bridgehead atoms. The van der Waals surface area contributed by atoms with Crippen molar-refractivity contribution in [2.45, 2.75) is 51.6 Å². The first kappa shape index (κ1) is 19.9. The average Bonchev–Trinajstić information content (AvgIpc) is 3.09. The zero-order chi connectivity index (χ0) is 21.8. The van der Waals surface area contributed by atoms with Crippen LogP contribution in [0.1, 0.15) is 55.8 Å². The van der Waals surface area contributed by atoms with E-state index in [0.29, 0.717) is 23.8 Å². The monoisotopic (exact) mass is 419 g/mol. The van der Waals surface area contributed by atoms with E-state index in [4.69, 9.17) is 4.74 Å². The molecule has 0 aliphatic heterocycles. The molecule has 160 valence electrons. The second-order valence-corrected chi connectivity index (χ2v) is 9.30. The molecule has 1 aromatic rings. The topological polar surface area (TPSA) is 86.5 Å². The molecule has 6 nitrogen and oxygen atoms in total. The maximum absolute atomic E-state index is 12.7. The second-order valence-electron chi connectivity index (χ2n) is 9.30. The summed E-state index contributed by atoms with van der Waals surface area (Å²) in [7, 11) is 0. The summed E-state index contributed by atoms with van der Waals surface area (Å²) in [5.41, 5.74) is 4.02. The Bertz CT molecular complexity index is 1060. The van der Waals surface area contributed by atoms with Crippen molar-refractivity contribution in [3.8, 4) is 0 Å². The third kappa shape index (κ3) is 3.25. The quantitative estimate of drug-likeness (QED) is 0.386. The number of esters is 1. The lowest BCUT2D eigenvalue weighted by molar-refractivity contribution is -0.384. The fourth-order valence-electron chi connectivity index (χ4n) is 6.08. The molecule has 1 fully saturated rings. The van der Waals surface area contributed by atoms with E-state index in [1.54, 1.807) is 0 Å². The van der Waals surface area contributed by atoms with E-state index in [1.165, 1.54) is 41.0 Å². The number of carbonyl (C=O) groups is 2. The minimum Gasteiger partial charge on any atom is -0.458 e. The first-order valence-electron chi connectivity index (χ1n) is 11.0. The summed E-state index contributed by atoms with van der Waals surface area (Å²) in [6, 6.07) is 5.56. The van der Waals surface area contributed by atoms with Crippen LogP contribution < -0.4 is 0 Å². The van der Waals surface area contributed by atoms with Crippen LogP contribution in [0.15, 0.2) is 59.2 Å². The minimum absolute atomic E-state index is 0.0460. The van der Waals surface area contributed by atoms with Gasteiger partial charge in [0.1, 0.15) is 6.10 Å². The van der Waals surface area contributed by atoms with Crippen molar-refractivity contribution in [3.05, 3.63) is 74.9 Å². The number of non-ortho nitro benzene ring substituents is 1. The van der Waals surface area contributed by atoms with Crippen LogP contribution >= 0.6 is 0 Å². The number of nitro benzene ring substituents is 1. The number of hydrogen-bond donors (Lipinski definition) is 0. The van der Waals surface area contributed by atoms with Gasteiger partial charge in [-0.05, 0) is 78.9 Å². The molecule has 0 spiro atoms. The zero-order valence-corrected chi connectivity index (χ0v) is 17.5. The summed E-state index contributed by atoms with van der Waals surface area (Å²) in [6.07, 6.45) is 11.3. The number of hydrogen-bond acceptors (Lipinski definition) is 5. The molecule has 31 heavy (non-hydrogen) atoms. The van der Waals surface area contributed by atoms with Gasteiger partial charge in [0.15, 0.2) is 5.78 Å². The maximum Gasteiger partial charge on any atom is 0.338 e. The molecule has 4 atom stereocenters. The summed E-state index contributed by atoms with van der Waals surface area (Å²) in [5.74, 6) is 0.660. The van der Waals surface area contributed by atoms with Gasteiger partial charge in [-0.2, -0.15) is 0 Å². The summed E-state index contributed by atoms with van der Waals surface area (Å²) in [5, 5.41) is 10.8. The van der Waals surface area contributed by atoms with E-state index in [2.05, 4.69) is 19.1 Å². The number of ketones is 1. The van der Waals surface area contributed by atoms with Crippen molar-refractivity contribution in [2.24, 2.45) is 17.3 Å². The van der Waals surface area contributed by atoms with E-state index < -0.39 is 10.9 Å². The largest absolute Gasteiger partial charge is 0.458 e. The van der Waals surface area contributed by atoms with Crippen LogP contribution in [0.25, 0.3) is 0 Å². The van der Waals surface area contributed by atoms with Crippen LogP contribution in [0.5, 0.6) is 0 Å². The Morgan fingerprint density at radius 2 is 1.90 bits per heavy atom. The van der Waals surface area contributed by atoms with Gasteiger partial charge in [0.25, 0.3) is 5.69 Å². The average molecular weight is 419 g/mol. The molecule has 4 aliphatic carbocycles. The lowest BCUT2D eigenvalue weighted by Gasteiger charge is -2.45. The van der Waals surface area contributed by atoms with Crippen molar-refractivity contribution >= 4 is 17.4 Å². The molecular weight excluding hydrogens is 394 g/mol. The molecule has 0 N–H and O–H groups in total. The van der Waals surface area contributed by atoms with Crippen molar-refractivity contribution in [1.82, 2.24) is 0 Å². The van der Waals surface area contributed by atoms with Gasteiger partial charge in [0, 0.05) is 24.0 Å². The predicted octanol–water partition coefficient (Wildman–Crippen LogP) is 5.10. The number of fused-ring (bicyclic) bond motifs is 4. The molecule has 1 aromatic carbocycles. The summed E-state index contributed by atoms with van der Waals surface area (Å²) in [6.45, 7) is 2.19. The molecule has 6 heteroatoms. The predicted molar refractivity (Wildman–Crippen MR) is 114 cm³/mol. The number of nitro groups is 1. The molecule has 5 rings (SSSR count). The van der Waals surface area contributed by atoms with Crippen LogP contribution in [0, 0.1) is 27.4 Å². The summed E-state index contributed by atoms with van der Waals surface area (Å²) in [4.78, 5) is 34.9. The highest BCUT2D eigenvalue weighted by atomic mass is 16.6. The highest BCUT2D eigenvalue weighted by Gasteiger charge is 2.53. The first-order valence-corrected chi connectivity index (χ1v) is 11.0. The Balaban J connectivity index is 1.39. The van der Waals surface area contributed by atoms with Gasteiger partial charge >= 0.3 is 5.97 Å².